The van der Waals surface area contributed by atoms with Crippen LogP contribution in [0.15, 0.2) is 11.6 Å². The van der Waals surface area contributed by atoms with Crippen LogP contribution in [0.1, 0.15) is 98.3 Å². The van der Waals surface area contributed by atoms with E-state index in [1.54, 1.807) is 5.57 Å². The summed E-state index contributed by atoms with van der Waals surface area (Å²) in [7, 11) is 0. The molecule has 3 saturated carbocycles. The lowest BCUT2D eigenvalue weighted by Gasteiger charge is -2.58. The molecule has 0 amide bonds. The molecule has 0 aliphatic heterocycles. The number of hydrogen-bond acceptors (Lipinski definition) is 1. The number of rotatable bonds is 4. The van der Waals surface area contributed by atoms with Gasteiger partial charge >= 0.3 is 0 Å². The van der Waals surface area contributed by atoms with Crippen molar-refractivity contribution in [2.24, 2.45) is 40.4 Å². The highest BCUT2D eigenvalue weighted by Crippen LogP contribution is 2.67. The minimum Gasteiger partial charge on any atom is -0.393 e. The first-order chi connectivity index (χ1) is 12.4. The molecule has 0 spiro atoms. The summed E-state index contributed by atoms with van der Waals surface area (Å²) in [4.78, 5) is 0. The van der Waals surface area contributed by atoms with E-state index in [9.17, 15) is 5.11 Å². The summed E-state index contributed by atoms with van der Waals surface area (Å²) in [6.07, 6.45) is 17.1. The lowest BCUT2D eigenvalue weighted by atomic mass is 9.47. The van der Waals surface area contributed by atoms with Crippen LogP contribution in [0.4, 0.5) is 0 Å². The molecule has 1 nitrogen and oxygen atoms in total. The molecular formula is C25H42O. The maximum atomic E-state index is 10.2. The molecule has 26 heavy (non-hydrogen) atoms. The van der Waals surface area contributed by atoms with E-state index in [-0.39, 0.29) is 6.10 Å². The van der Waals surface area contributed by atoms with Crippen molar-refractivity contribution in [1.82, 2.24) is 0 Å². The lowest BCUT2D eigenvalue weighted by molar-refractivity contribution is -0.0572. The second kappa shape index (κ2) is 6.94. The van der Waals surface area contributed by atoms with Gasteiger partial charge in [-0.25, -0.2) is 0 Å². The van der Waals surface area contributed by atoms with Gasteiger partial charge in [0.15, 0.2) is 0 Å². The Balaban J connectivity index is 1.56. The largest absolute Gasteiger partial charge is 0.393 e. The molecule has 1 N–H and O–H groups in total. The van der Waals surface area contributed by atoms with E-state index in [1.165, 1.54) is 57.8 Å². The fraction of sp³-hybridized carbons (Fsp3) is 0.920. The van der Waals surface area contributed by atoms with Gasteiger partial charge in [-0.15, -0.1) is 0 Å². The molecule has 4 aliphatic carbocycles. The van der Waals surface area contributed by atoms with Crippen LogP contribution < -0.4 is 0 Å². The topological polar surface area (TPSA) is 20.2 Å². The zero-order valence-electron chi connectivity index (χ0n) is 17.8. The summed E-state index contributed by atoms with van der Waals surface area (Å²) >= 11 is 0. The van der Waals surface area contributed by atoms with E-state index in [1.807, 2.05) is 0 Å². The van der Waals surface area contributed by atoms with Gasteiger partial charge in [0, 0.05) is 0 Å². The summed E-state index contributed by atoms with van der Waals surface area (Å²) in [6, 6.07) is 0. The van der Waals surface area contributed by atoms with Gasteiger partial charge in [0.1, 0.15) is 0 Å². The van der Waals surface area contributed by atoms with Crippen LogP contribution in [0.25, 0.3) is 0 Å². The third kappa shape index (κ3) is 2.83. The molecular weight excluding hydrogens is 316 g/mol. The van der Waals surface area contributed by atoms with Crippen LogP contribution in [-0.4, -0.2) is 11.2 Å². The molecule has 0 bridgehead atoms. The Morgan fingerprint density at radius 2 is 1.92 bits per heavy atom. The minimum atomic E-state index is -0.0741. The highest BCUT2D eigenvalue weighted by atomic mass is 16.3. The predicted octanol–water partition coefficient (Wildman–Crippen LogP) is 6.75. The monoisotopic (exact) mass is 358 g/mol. The Morgan fingerprint density at radius 1 is 1.12 bits per heavy atom. The van der Waals surface area contributed by atoms with Gasteiger partial charge in [-0.1, -0.05) is 58.6 Å². The summed E-state index contributed by atoms with van der Waals surface area (Å²) < 4.78 is 0. The number of fused-ring (bicyclic) bond motifs is 5. The minimum absolute atomic E-state index is 0.0741. The lowest BCUT2D eigenvalue weighted by Crippen LogP contribution is -2.50. The van der Waals surface area contributed by atoms with E-state index >= 15 is 0 Å². The van der Waals surface area contributed by atoms with Crippen LogP contribution in [0.5, 0.6) is 0 Å². The highest BCUT2D eigenvalue weighted by molar-refractivity contribution is 5.25. The van der Waals surface area contributed by atoms with Crippen molar-refractivity contribution < 1.29 is 5.11 Å². The van der Waals surface area contributed by atoms with Gasteiger partial charge in [-0.3, -0.25) is 0 Å². The van der Waals surface area contributed by atoms with Crippen molar-refractivity contribution in [3.05, 3.63) is 11.6 Å². The quantitative estimate of drug-likeness (QED) is 0.551. The summed E-state index contributed by atoms with van der Waals surface area (Å²) in [5.41, 5.74) is 2.62. The molecule has 0 aromatic rings. The van der Waals surface area contributed by atoms with Crippen molar-refractivity contribution >= 4 is 0 Å². The van der Waals surface area contributed by atoms with Crippen molar-refractivity contribution in [2.45, 2.75) is 104 Å². The molecule has 0 aromatic heterocycles. The average molecular weight is 359 g/mol. The van der Waals surface area contributed by atoms with E-state index in [0.717, 1.165) is 42.4 Å². The molecule has 0 aromatic carbocycles. The van der Waals surface area contributed by atoms with Crippen LogP contribution in [0.3, 0.4) is 0 Å². The summed E-state index contributed by atoms with van der Waals surface area (Å²) in [5, 5.41) is 10.2. The zero-order valence-corrected chi connectivity index (χ0v) is 17.8. The van der Waals surface area contributed by atoms with Gasteiger partial charge in [-0.05, 0) is 91.8 Å². The Labute approximate surface area is 162 Å². The predicted molar refractivity (Wildman–Crippen MR) is 110 cm³/mol. The fourth-order valence-electron chi connectivity index (χ4n) is 8.34. The molecule has 3 fully saturated rings. The maximum Gasteiger partial charge on any atom is 0.0577 e. The second-order valence-electron chi connectivity index (χ2n) is 11.0. The first-order valence-corrected chi connectivity index (χ1v) is 11.8. The van der Waals surface area contributed by atoms with E-state index in [4.69, 9.17) is 0 Å². The van der Waals surface area contributed by atoms with Gasteiger partial charge in [0.25, 0.3) is 0 Å². The smallest absolute Gasteiger partial charge is 0.0577 e. The second-order valence-corrected chi connectivity index (χ2v) is 11.0. The normalized spacial score (nSPS) is 49.0. The van der Waals surface area contributed by atoms with Crippen molar-refractivity contribution in [2.75, 3.05) is 0 Å². The Bertz CT molecular complexity index is 550. The fourth-order valence-corrected chi connectivity index (χ4v) is 8.34. The standard InChI is InChI=1S/C25H42O/c1-5-6-7-17(2)21-10-11-22-20-9-8-18-16-19(26)12-14-24(18,3)23(20)13-15-25(21,22)4/h8,17,19-23,26H,5-7,9-16H2,1-4H3/t17?,19?,20?,21-,22?,23?,24+,25-/m1/s1. The van der Waals surface area contributed by atoms with Crippen molar-refractivity contribution in [1.29, 1.82) is 0 Å². The highest BCUT2D eigenvalue weighted by Gasteiger charge is 2.58. The number of aliphatic hydroxyl groups is 1. The number of aliphatic hydroxyl groups excluding tert-OH is 1. The van der Waals surface area contributed by atoms with E-state index < -0.39 is 0 Å². The van der Waals surface area contributed by atoms with Gasteiger partial charge in [-0.2, -0.15) is 0 Å². The first-order valence-electron chi connectivity index (χ1n) is 11.8. The molecule has 4 aliphatic rings. The molecule has 4 rings (SSSR count). The maximum absolute atomic E-state index is 10.2. The van der Waals surface area contributed by atoms with Gasteiger partial charge in [0.05, 0.1) is 6.10 Å². The van der Waals surface area contributed by atoms with Crippen molar-refractivity contribution in [3.63, 3.8) is 0 Å². The van der Waals surface area contributed by atoms with Crippen LogP contribution in [-0.2, 0) is 0 Å². The Morgan fingerprint density at radius 3 is 2.69 bits per heavy atom. The van der Waals surface area contributed by atoms with Crippen LogP contribution in [0, 0.1) is 40.4 Å². The molecule has 5 unspecified atom stereocenters. The van der Waals surface area contributed by atoms with Crippen LogP contribution in [0.2, 0.25) is 0 Å². The number of hydrogen-bond donors (Lipinski definition) is 1. The summed E-state index contributed by atoms with van der Waals surface area (Å²) in [6.45, 7) is 10.1. The average Bonchev–Trinajstić information content (AvgIpc) is 2.97. The number of unbranched alkanes of at least 4 members (excludes halogenated alkanes) is 1. The molecule has 0 radical (unpaired) electrons. The number of allylic oxidation sites excluding steroid dienone is 1. The Kier molecular flexibility index (Phi) is 5.08. The molecule has 148 valence electrons. The zero-order chi connectivity index (χ0) is 18.5. The van der Waals surface area contributed by atoms with E-state index in [2.05, 4.69) is 33.8 Å². The SMILES string of the molecule is CCCCC(C)[C@H]1CCC2C3CC=C4CC(O)CC[C@]4(C)C3CC[C@@]21C. The molecule has 0 saturated heterocycles. The van der Waals surface area contributed by atoms with Crippen molar-refractivity contribution in [3.8, 4) is 0 Å². The molecule has 8 atom stereocenters. The van der Waals surface area contributed by atoms with Gasteiger partial charge in [0.2, 0.25) is 0 Å². The molecule has 0 heterocycles. The third-order valence-electron chi connectivity index (χ3n) is 9.85. The first kappa shape index (κ1) is 19.0. The Hall–Kier alpha value is -0.300. The van der Waals surface area contributed by atoms with Gasteiger partial charge < -0.3 is 5.11 Å². The van der Waals surface area contributed by atoms with E-state index in [0.29, 0.717) is 10.8 Å². The molecule has 1 heteroatoms. The summed E-state index contributed by atoms with van der Waals surface area (Å²) in [5.74, 6) is 4.64. The van der Waals surface area contributed by atoms with Crippen LogP contribution >= 0.6 is 0 Å². The third-order valence-corrected chi connectivity index (χ3v) is 9.85.